The molecule has 2 aromatic rings. The maximum absolute atomic E-state index is 11.4. The summed E-state index contributed by atoms with van der Waals surface area (Å²) < 4.78 is 10.1. The largest absolute Gasteiger partial charge is 0.513 e. The van der Waals surface area contributed by atoms with Gasteiger partial charge >= 0.3 is 6.16 Å². The van der Waals surface area contributed by atoms with E-state index in [0.29, 0.717) is 12.4 Å². The average Bonchev–Trinajstić information content (AvgIpc) is 2.79. The van der Waals surface area contributed by atoms with E-state index in [1.165, 1.54) is 11.1 Å². The van der Waals surface area contributed by atoms with Gasteiger partial charge in [-0.15, -0.1) is 0 Å². The number of ether oxygens (including phenoxy) is 2. The molecule has 0 fully saturated rings. The number of fused-ring (bicyclic) bond motifs is 3. The lowest BCUT2D eigenvalue weighted by molar-refractivity contribution is 0.104. The second-order valence-corrected chi connectivity index (χ2v) is 4.40. The zero-order chi connectivity index (χ0) is 13.2. The Morgan fingerprint density at radius 2 is 1.89 bits per heavy atom. The third-order valence-electron chi connectivity index (χ3n) is 3.26. The number of benzene rings is 2. The van der Waals surface area contributed by atoms with Crippen LogP contribution in [0.4, 0.5) is 4.79 Å². The standard InChI is InChI=1S/C16H14O3/c1-2-18-16(17)19-15-9-5-8-13-12-7-4-3-6-11(12)10-14(13)15/h3-9H,2,10H2,1H3. The molecule has 0 saturated carbocycles. The van der Waals surface area contributed by atoms with E-state index < -0.39 is 6.16 Å². The van der Waals surface area contributed by atoms with Gasteiger partial charge < -0.3 is 9.47 Å². The molecule has 0 atom stereocenters. The van der Waals surface area contributed by atoms with Gasteiger partial charge in [0.15, 0.2) is 0 Å². The van der Waals surface area contributed by atoms with Crippen LogP contribution in [0.5, 0.6) is 5.75 Å². The highest BCUT2D eigenvalue weighted by atomic mass is 16.7. The van der Waals surface area contributed by atoms with E-state index in [-0.39, 0.29) is 0 Å². The first kappa shape index (κ1) is 11.8. The zero-order valence-electron chi connectivity index (χ0n) is 10.7. The molecule has 0 aromatic heterocycles. The summed E-state index contributed by atoms with van der Waals surface area (Å²) >= 11 is 0. The number of hydrogen-bond donors (Lipinski definition) is 0. The molecule has 96 valence electrons. The lowest BCUT2D eigenvalue weighted by Gasteiger charge is -2.08. The minimum absolute atomic E-state index is 0.314. The lowest BCUT2D eigenvalue weighted by atomic mass is 10.1. The topological polar surface area (TPSA) is 35.5 Å². The highest BCUT2D eigenvalue weighted by Gasteiger charge is 2.22. The van der Waals surface area contributed by atoms with Crippen LogP contribution in [-0.4, -0.2) is 12.8 Å². The smallest absolute Gasteiger partial charge is 0.434 e. The maximum atomic E-state index is 11.4. The number of carbonyl (C=O) groups excluding carboxylic acids is 1. The van der Waals surface area contributed by atoms with Crippen LogP contribution >= 0.6 is 0 Å². The molecule has 0 bridgehead atoms. The SMILES string of the molecule is CCOC(=O)Oc1cccc2c1Cc1ccccc1-2. The molecule has 0 radical (unpaired) electrons. The summed E-state index contributed by atoms with van der Waals surface area (Å²) in [7, 11) is 0. The van der Waals surface area contributed by atoms with Crippen LogP contribution in [0, 0.1) is 0 Å². The number of carbonyl (C=O) groups is 1. The van der Waals surface area contributed by atoms with Gasteiger partial charge in [0.1, 0.15) is 5.75 Å². The first-order valence-corrected chi connectivity index (χ1v) is 6.34. The molecule has 0 aliphatic heterocycles. The molecule has 3 heteroatoms. The van der Waals surface area contributed by atoms with Crippen molar-refractivity contribution in [2.24, 2.45) is 0 Å². The molecule has 3 rings (SSSR count). The summed E-state index contributed by atoms with van der Waals surface area (Å²) in [5.41, 5.74) is 4.67. The monoisotopic (exact) mass is 254 g/mol. The van der Waals surface area contributed by atoms with E-state index in [9.17, 15) is 4.79 Å². The van der Waals surface area contributed by atoms with E-state index in [0.717, 1.165) is 17.5 Å². The Labute approximate surface area is 111 Å². The summed E-state index contributed by atoms with van der Waals surface area (Å²) in [4.78, 5) is 11.4. The molecule has 2 aromatic carbocycles. The third kappa shape index (κ3) is 2.08. The van der Waals surface area contributed by atoms with Crippen molar-refractivity contribution < 1.29 is 14.3 Å². The molecule has 1 aliphatic rings. The summed E-state index contributed by atoms with van der Waals surface area (Å²) in [6, 6.07) is 14.0. The second kappa shape index (κ2) is 4.76. The van der Waals surface area contributed by atoms with Crippen LogP contribution in [0.2, 0.25) is 0 Å². The lowest BCUT2D eigenvalue weighted by Crippen LogP contribution is -2.11. The number of rotatable bonds is 2. The minimum Gasteiger partial charge on any atom is -0.434 e. The van der Waals surface area contributed by atoms with Crippen molar-refractivity contribution in [1.82, 2.24) is 0 Å². The maximum Gasteiger partial charge on any atom is 0.513 e. The van der Waals surface area contributed by atoms with Gasteiger partial charge in [-0.2, -0.15) is 0 Å². The molecule has 0 heterocycles. The predicted molar refractivity (Wildman–Crippen MR) is 72.3 cm³/mol. The van der Waals surface area contributed by atoms with Crippen molar-refractivity contribution in [3.8, 4) is 16.9 Å². The second-order valence-electron chi connectivity index (χ2n) is 4.40. The summed E-state index contributed by atoms with van der Waals surface area (Å²) in [6.07, 6.45) is 0.146. The fraction of sp³-hybridized carbons (Fsp3) is 0.188. The molecule has 19 heavy (non-hydrogen) atoms. The Balaban J connectivity index is 1.97. The van der Waals surface area contributed by atoms with E-state index in [1.54, 1.807) is 6.92 Å². The van der Waals surface area contributed by atoms with Gasteiger partial charge in [0, 0.05) is 12.0 Å². The fourth-order valence-corrected chi connectivity index (χ4v) is 2.46. The van der Waals surface area contributed by atoms with Crippen LogP contribution in [0.1, 0.15) is 18.1 Å². The normalized spacial score (nSPS) is 11.6. The molecule has 0 spiro atoms. The van der Waals surface area contributed by atoms with Crippen molar-refractivity contribution in [2.75, 3.05) is 6.61 Å². The van der Waals surface area contributed by atoms with Gasteiger partial charge in [-0.3, -0.25) is 0 Å². The van der Waals surface area contributed by atoms with Gasteiger partial charge in [-0.1, -0.05) is 36.4 Å². The first-order chi connectivity index (χ1) is 9.29. The molecule has 0 saturated heterocycles. The Hall–Kier alpha value is -2.29. The Bertz CT molecular complexity index is 632. The van der Waals surface area contributed by atoms with Crippen LogP contribution in [-0.2, 0) is 11.2 Å². The molecule has 3 nitrogen and oxygen atoms in total. The Kier molecular flexibility index (Phi) is 2.95. The van der Waals surface area contributed by atoms with Gasteiger partial charge in [0.2, 0.25) is 0 Å². The Morgan fingerprint density at radius 3 is 2.74 bits per heavy atom. The Morgan fingerprint density at radius 1 is 1.11 bits per heavy atom. The minimum atomic E-state index is -0.646. The zero-order valence-corrected chi connectivity index (χ0v) is 10.7. The summed E-state index contributed by atoms with van der Waals surface area (Å²) in [6.45, 7) is 2.07. The van der Waals surface area contributed by atoms with Gasteiger partial charge in [-0.05, 0) is 29.7 Å². The quantitative estimate of drug-likeness (QED) is 0.515. The van der Waals surface area contributed by atoms with Crippen molar-refractivity contribution in [2.45, 2.75) is 13.3 Å². The van der Waals surface area contributed by atoms with Gasteiger partial charge in [-0.25, -0.2) is 4.79 Å². The predicted octanol–water partition coefficient (Wildman–Crippen LogP) is 3.79. The number of hydrogen-bond acceptors (Lipinski definition) is 3. The average molecular weight is 254 g/mol. The van der Waals surface area contributed by atoms with Crippen LogP contribution < -0.4 is 4.74 Å². The van der Waals surface area contributed by atoms with Crippen molar-refractivity contribution in [3.63, 3.8) is 0 Å². The van der Waals surface area contributed by atoms with E-state index in [1.807, 2.05) is 24.3 Å². The highest BCUT2D eigenvalue weighted by Crippen LogP contribution is 2.40. The van der Waals surface area contributed by atoms with E-state index >= 15 is 0 Å². The summed E-state index contributed by atoms with van der Waals surface area (Å²) in [5, 5.41) is 0. The molecule has 0 amide bonds. The highest BCUT2D eigenvalue weighted by molar-refractivity contribution is 5.80. The molecule has 0 unspecified atom stereocenters. The third-order valence-corrected chi connectivity index (χ3v) is 3.26. The summed E-state index contributed by atoms with van der Waals surface area (Å²) in [5.74, 6) is 0.590. The van der Waals surface area contributed by atoms with Crippen molar-refractivity contribution >= 4 is 6.16 Å². The van der Waals surface area contributed by atoms with Gasteiger partial charge in [0.05, 0.1) is 6.61 Å². The molecule has 0 N–H and O–H groups in total. The first-order valence-electron chi connectivity index (χ1n) is 6.34. The van der Waals surface area contributed by atoms with Crippen molar-refractivity contribution in [1.29, 1.82) is 0 Å². The molecular formula is C16H14O3. The van der Waals surface area contributed by atoms with E-state index in [2.05, 4.69) is 18.2 Å². The van der Waals surface area contributed by atoms with Crippen LogP contribution in [0.25, 0.3) is 11.1 Å². The van der Waals surface area contributed by atoms with Crippen molar-refractivity contribution in [3.05, 3.63) is 53.6 Å². The molecule has 1 aliphatic carbocycles. The van der Waals surface area contributed by atoms with E-state index in [4.69, 9.17) is 9.47 Å². The van der Waals surface area contributed by atoms with Crippen LogP contribution in [0.3, 0.4) is 0 Å². The van der Waals surface area contributed by atoms with Crippen LogP contribution in [0.15, 0.2) is 42.5 Å². The molecular weight excluding hydrogens is 240 g/mol. The van der Waals surface area contributed by atoms with Gasteiger partial charge in [0.25, 0.3) is 0 Å². The fourth-order valence-electron chi connectivity index (χ4n) is 2.46.